The summed E-state index contributed by atoms with van der Waals surface area (Å²) < 4.78 is 36.5. The second-order valence-corrected chi connectivity index (χ2v) is 8.96. The van der Waals surface area contributed by atoms with Crippen molar-refractivity contribution in [1.82, 2.24) is 0 Å². The molecule has 7 nitrogen and oxygen atoms in total. The van der Waals surface area contributed by atoms with Gasteiger partial charge < -0.3 is 14.8 Å². The summed E-state index contributed by atoms with van der Waals surface area (Å²) in [4.78, 5) is 12.9. The van der Waals surface area contributed by atoms with Gasteiger partial charge >= 0.3 is 0 Å². The van der Waals surface area contributed by atoms with Gasteiger partial charge in [-0.25, -0.2) is 8.42 Å². The van der Waals surface area contributed by atoms with E-state index in [0.29, 0.717) is 29.5 Å². The maximum Gasteiger partial charge on any atom is 0.249 e. The summed E-state index contributed by atoms with van der Waals surface area (Å²) in [7, 11) is -2.33. The van der Waals surface area contributed by atoms with Crippen LogP contribution in [0.4, 0.5) is 11.4 Å². The summed E-state index contributed by atoms with van der Waals surface area (Å²) in [6.07, 6.45) is 0.199. The van der Waals surface area contributed by atoms with E-state index in [9.17, 15) is 13.2 Å². The first-order valence-corrected chi connectivity index (χ1v) is 10.5. The molecule has 0 spiro atoms. The maximum absolute atomic E-state index is 13.2. The summed E-state index contributed by atoms with van der Waals surface area (Å²) >= 11 is 0. The molecule has 1 N–H and O–H groups in total. The van der Waals surface area contributed by atoms with Crippen molar-refractivity contribution in [3.63, 3.8) is 0 Å². The van der Waals surface area contributed by atoms with Crippen molar-refractivity contribution in [1.29, 1.82) is 0 Å². The van der Waals surface area contributed by atoms with E-state index in [0.717, 1.165) is 0 Å². The summed E-state index contributed by atoms with van der Waals surface area (Å²) in [5, 5.41) is 2.72. The number of amides is 1. The summed E-state index contributed by atoms with van der Waals surface area (Å²) in [5.74, 6) is 0.773. The minimum absolute atomic E-state index is 0.199. The fourth-order valence-corrected chi connectivity index (χ4v) is 4.97. The minimum atomic E-state index is -3.88. The van der Waals surface area contributed by atoms with Gasteiger partial charge in [0, 0.05) is 12.2 Å². The van der Waals surface area contributed by atoms with Crippen LogP contribution in [0.15, 0.2) is 48.5 Å². The highest BCUT2D eigenvalue weighted by molar-refractivity contribution is 7.95. The van der Waals surface area contributed by atoms with Crippen LogP contribution < -0.4 is 19.1 Å². The van der Waals surface area contributed by atoms with Gasteiger partial charge in [0.05, 0.1) is 19.4 Å². The lowest BCUT2D eigenvalue weighted by Gasteiger charge is -2.25. The Labute approximate surface area is 165 Å². The van der Waals surface area contributed by atoms with Gasteiger partial charge in [0.2, 0.25) is 15.9 Å². The maximum atomic E-state index is 13.2. The van der Waals surface area contributed by atoms with E-state index < -0.39 is 20.7 Å². The fourth-order valence-electron chi connectivity index (χ4n) is 3.12. The Bertz CT molecular complexity index is 942. The lowest BCUT2D eigenvalue weighted by molar-refractivity contribution is -0.118. The molecule has 1 fully saturated rings. The van der Waals surface area contributed by atoms with Crippen LogP contribution in [0, 0.1) is 0 Å². The second kappa shape index (κ2) is 7.71. The van der Waals surface area contributed by atoms with Crippen LogP contribution in [0.3, 0.4) is 0 Å². The Morgan fingerprint density at radius 3 is 2.29 bits per heavy atom. The van der Waals surface area contributed by atoms with E-state index in [2.05, 4.69) is 5.32 Å². The van der Waals surface area contributed by atoms with E-state index in [1.54, 1.807) is 55.6 Å². The topological polar surface area (TPSA) is 84.9 Å². The first kappa shape index (κ1) is 20.0. The summed E-state index contributed by atoms with van der Waals surface area (Å²) in [5.41, 5.74) is 1.03. The van der Waals surface area contributed by atoms with Crippen molar-refractivity contribution < 1.29 is 22.7 Å². The molecule has 1 amide bonds. The van der Waals surface area contributed by atoms with Gasteiger partial charge in [-0.15, -0.1) is 0 Å². The number of hydrogen-bond acceptors (Lipinski definition) is 5. The number of ether oxygens (including phenoxy) is 2. The number of rotatable bonds is 6. The third-order valence-corrected chi connectivity index (χ3v) is 7.42. The van der Waals surface area contributed by atoms with Gasteiger partial charge in [-0.1, -0.05) is 0 Å². The molecule has 1 aliphatic rings. The molecule has 1 saturated heterocycles. The molecule has 3 rings (SSSR count). The molecule has 0 aliphatic carbocycles. The Kier molecular flexibility index (Phi) is 5.51. The van der Waals surface area contributed by atoms with E-state index in [1.165, 1.54) is 11.2 Å². The van der Waals surface area contributed by atoms with Crippen LogP contribution in [0.2, 0.25) is 0 Å². The van der Waals surface area contributed by atoms with E-state index in [-0.39, 0.29) is 13.0 Å². The molecule has 1 unspecified atom stereocenters. The zero-order valence-corrected chi connectivity index (χ0v) is 17.0. The van der Waals surface area contributed by atoms with Gasteiger partial charge in [-0.2, -0.15) is 0 Å². The van der Waals surface area contributed by atoms with Crippen LogP contribution >= 0.6 is 0 Å². The third-order valence-electron chi connectivity index (χ3n) is 4.92. The Balaban J connectivity index is 1.79. The molecule has 28 heavy (non-hydrogen) atoms. The smallest absolute Gasteiger partial charge is 0.249 e. The first-order chi connectivity index (χ1) is 13.3. The molecule has 0 saturated carbocycles. The standard InChI is InChI=1S/C20H24N2O5S/c1-4-27-18-9-5-15(6-10-18)21-19(23)20(2)13-14-22(28(20,24)25)16-7-11-17(26-3)12-8-16/h5-12H,4,13-14H2,1-3H3,(H,21,23). The van der Waals surface area contributed by atoms with Crippen molar-refractivity contribution in [2.24, 2.45) is 0 Å². The number of carbonyl (C=O) groups excluding carboxylic acids is 1. The number of anilines is 2. The molecule has 1 heterocycles. The number of carbonyl (C=O) groups is 1. The summed E-state index contributed by atoms with van der Waals surface area (Å²) in [6.45, 7) is 4.14. The number of sulfonamides is 1. The minimum Gasteiger partial charge on any atom is -0.497 e. The van der Waals surface area contributed by atoms with Gasteiger partial charge in [0.25, 0.3) is 0 Å². The molecule has 8 heteroatoms. The van der Waals surface area contributed by atoms with Gasteiger partial charge in [-0.05, 0) is 68.8 Å². The molecule has 0 bridgehead atoms. The number of methoxy groups -OCH3 is 1. The second-order valence-electron chi connectivity index (χ2n) is 6.67. The van der Waals surface area contributed by atoms with Crippen LogP contribution in [0.25, 0.3) is 0 Å². The van der Waals surface area contributed by atoms with E-state index in [1.807, 2.05) is 6.92 Å². The van der Waals surface area contributed by atoms with Crippen LogP contribution in [-0.4, -0.2) is 39.3 Å². The zero-order chi connectivity index (χ0) is 20.4. The molecule has 1 atom stereocenters. The monoisotopic (exact) mass is 404 g/mol. The van der Waals surface area contributed by atoms with Crippen molar-refractivity contribution >= 4 is 27.3 Å². The molecule has 0 aromatic heterocycles. The van der Waals surface area contributed by atoms with E-state index >= 15 is 0 Å². The quantitative estimate of drug-likeness (QED) is 0.800. The first-order valence-electron chi connectivity index (χ1n) is 9.02. The average Bonchev–Trinajstić information content (AvgIpc) is 2.94. The van der Waals surface area contributed by atoms with Crippen LogP contribution in [0.5, 0.6) is 11.5 Å². The Morgan fingerprint density at radius 1 is 1.11 bits per heavy atom. The van der Waals surface area contributed by atoms with Crippen molar-refractivity contribution in [2.45, 2.75) is 25.0 Å². The predicted octanol–water partition coefficient (Wildman–Crippen LogP) is 3.03. The molecule has 150 valence electrons. The largest absolute Gasteiger partial charge is 0.497 e. The lowest BCUT2D eigenvalue weighted by Crippen LogP contribution is -2.47. The third kappa shape index (κ3) is 3.52. The van der Waals surface area contributed by atoms with Gasteiger partial charge in [0.1, 0.15) is 11.5 Å². The fraction of sp³-hybridized carbons (Fsp3) is 0.350. The molecular formula is C20H24N2O5S. The SMILES string of the molecule is CCOc1ccc(NC(=O)C2(C)CCN(c3ccc(OC)cc3)S2(=O)=O)cc1. The normalized spacial score (nSPS) is 20.6. The predicted molar refractivity (Wildman–Crippen MR) is 109 cm³/mol. The molecule has 2 aromatic rings. The number of nitrogens with zero attached hydrogens (tertiary/aromatic N) is 1. The highest BCUT2D eigenvalue weighted by Crippen LogP contribution is 2.38. The van der Waals surface area contributed by atoms with Gasteiger partial charge in [0.15, 0.2) is 4.75 Å². The van der Waals surface area contributed by atoms with Crippen LogP contribution in [0.1, 0.15) is 20.3 Å². The zero-order valence-electron chi connectivity index (χ0n) is 16.1. The Morgan fingerprint density at radius 2 is 1.71 bits per heavy atom. The number of nitrogens with one attached hydrogen (secondary N) is 1. The van der Waals surface area contributed by atoms with Gasteiger partial charge in [-0.3, -0.25) is 9.10 Å². The highest BCUT2D eigenvalue weighted by Gasteiger charge is 2.54. The number of hydrogen-bond donors (Lipinski definition) is 1. The van der Waals surface area contributed by atoms with Crippen molar-refractivity contribution in [3.05, 3.63) is 48.5 Å². The Hall–Kier alpha value is -2.74. The van der Waals surface area contributed by atoms with Crippen molar-refractivity contribution in [2.75, 3.05) is 29.9 Å². The molecule has 2 aromatic carbocycles. The average molecular weight is 404 g/mol. The van der Waals surface area contributed by atoms with E-state index in [4.69, 9.17) is 9.47 Å². The van der Waals surface area contributed by atoms with Crippen molar-refractivity contribution in [3.8, 4) is 11.5 Å². The molecule has 1 aliphatic heterocycles. The highest BCUT2D eigenvalue weighted by atomic mass is 32.2. The van der Waals surface area contributed by atoms with Crippen LogP contribution in [-0.2, 0) is 14.8 Å². The lowest BCUT2D eigenvalue weighted by atomic mass is 10.1. The summed E-state index contributed by atoms with van der Waals surface area (Å²) in [6, 6.07) is 13.6. The molecular weight excluding hydrogens is 380 g/mol. The molecule has 0 radical (unpaired) electrons. The number of benzene rings is 2.